The van der Waals surface area contributed by atoms with Crippen molar-refractivity contribution in [3.8, 4) is 0 Å². The first-order chi connectivity index (χ1) is 22.0. The van der Waals surface area contributed by atoms with Gasteiger partial charge in [0.2, 0.25) is 5.91 Å². The van der Waals surface area contributed by atoms with Gasteiger partial charge in [-0.25, -0.2) is 9.59 Å². The van der Waals surface area contributed by atoms with E-state index in [4.69, 9.17) is 14.2 Å². The summed E-state index contributed by atoms with van der Waals surface area (Å²) in [7, 11) is 0. The SMILES string of the molecule is CC(=O)S[C@H]1C[C@@H](C(=O)N2CCN(CCOC(=O)OCc3ccc([N+](=O)[O-])cc3)CC2)N(C(=O)OCc2ccc([N+](=O)[O-])cc2)C1. The minimum absolute atomic E-state index is 0.0635. The molecule has 46 heavy (non-hydrogen) atoms. The Hall–Kier alpha value is -4.77. The molecule has 246 valence electrons. The first-order valence-electron chi connectivity index (χ1n) is 14.4. The predicted octanol–water partition coefficient (Wildman–Crippen LogP) is 3.36. The Morgan fingerprint density at radius 1 is 0.826 bits per heavy atom. The van der Waals surface area contributed by atoms with E-state index in [1.165, 1.54) is 60.4 Å². The third-order valence-corrected chi connectivity index (χ3v) is 8.45. The van der Waals surface area contributed by atoms with E-state index in [0.29, 0.717) is 50.3 Å². The Balaban J connectivity index is 1.22. The van der Waals surface area contributed by atoms with E-state index < -0.39 is 28.1 Å². The number of hydrogen-bond donors (Lipinski definition) is 0. The van der Waals surface area contributed by atoms with Gasteiger partial charge in [0.05, 0.1) is 9.85 Å². The van der Waals surface area contributed by atoms with Crippen LogP contribution >= 0.6 is 11.8 Å². The van der Waals surface area contributed by atoms with Gasteiger partial charge in [-0.1, -0.05) is 11.8 Å². The van der Waals surface area contributed by atoms with Gasteiger partial charge >= 0.3 is 12.2 Å². The number of non-ortho nitro benzene ring substituents is 2. The van der Waals surface area contributed by atoms with Crippen LogP contribution in [-0.4, -0.2) is 105 Å². The van der Waals surface area contributed by atoms with Crippen molar-refractivity contribution in [2.75, 3.05) is 45.9 Å². The fourth-order valence-electron chi connectivity index (χ4n) is 5.05. The Morgan fingerprint density at radius 2 is 1.37 bits per heavy atom. The van der Waals surface area contributed by atoms with Gasteiger partial charge in [0.15, 0.2) is 5.12 Å². The van der Waals surface area contributed by atoms with Crippen molar-refractivity contribution in [2.45, 2.75) is 37.9 Å². The lowest BCUT2D eigenvalue weighted by molar-refractivity contribution is -0.385. The zero-order valence-electron chi connectivity index (χ0n) is 25.0. The van der Waals surface area contributed by atoms with Crippen molar-refractivity contribution in [2.24, 2.45) is 0 Å². The molecule has 0 radical (unpaired) electrons. The summed E-state index contributed by atoms with van der Waals surface area (Å²) in [6.45, 7) is 3.63. The van der Waals surface area contributed by atoms with E-state index in [0.717, 1.165) is 11.8 Å². The number of nitro groups is 2. The molecule has 17 heteroatoms. The average Bonchev–Trinajstić information content (AvgIpc) is 3.46. The number of benzene rings is 2. The molecule has 2 aromatic carbocycles. The van der Waals surface area contributed by atoms with Crippen molar-refractivity contribution in [3.05, 3.63) is 79.9 Å². The molecule has 2 aliphatic heterocycles. The molecule has 2 saturated heterocycles. The second-order valence-electron chi connectivity index (χ2n) is 10.6. The van der Waals surface area contributed by atoms with Crippen LogP contribution in [0.1, 0.15) is 24.5 Å². The van der Waals surface area contributed by atoms with Crippen LogP contribution in [-0.2, 0) is 37.0 Å². The lowest BCUT2D eigenvalue weighted by atomic mass is 10.1. The number of carbonyl (C=O) groups is 4. The highest BCUT2D eigenvalue weighted by Crippen LogP contribution is 2.30. The van der Waals surface area contributed by atoms with Gasteiger partial charge in [-0.15, -0.1) is 0 Å². The highest BCUT2D eigenvalue weighted by atomic mass is 32.2. The van der Waals surface area contributed by atoms with Gasteiger partial charge < -0.3 is 19.1 Å². The lowest BCUT2D eigenvalue weighted by Crippen LogP contribution is -2.54. The van der Waals surface area contributed by atoms with Crippen molar-refractivity contribution >= 4 is 46.4 Å². The van der Waals surface area contributed by atoms with Crippen molar-refractivity contribution in [3.63, 3.8) is 0 Å². The normalized spacial score (nSPS) is 18.1. The van der Waals surface area contributed by atoms with Crippen LogP contribution in [0.2, 0.25) is 0 Å². The Labute approximate surface area is 267 Å². The summed E-state index contributed by atoms with van der Waals surface area (Å²) in [4.78, 5) is 75.9. The predicted molar refractivity (Wildman–Crippen MR) is 163 cm³/mol. The van der Waals surface area contributed by atoms with Crippen LogP contribution in [0, 0.1) is 20.2 Å². The topological polar surface area (TPSA) is 192 Å². The zero-order valence-corrected chi connectivity index (χ0v) is 25.8. The van der Waals surface area contributed by atoms with E-state index in [2.05, 4.69) is 0 Å². The highest BCUT2D eigenvalue weighted by Gasteiger charge is 2.43. The van der Waals surface area contributed by atoms with Crippen LogP contribution in [0.3, 0.4) is 0 Å². The van der Waals surface area contributed by atoms with E-state index >= 15 is 0 Å². The number of nitro benzene ring substituents is 2. The second kappa shape index (κ2) is 16.0. The maximum atomic E-state index is 13.6. The molecule has 2 atom stereocenters. The molecule has 4 rings (SSSR count). The molecule has 16 nitrogen and oxygen atoms in total. The lowest BCUT2D eigenvalue weighted by Gasteiger charge is -2.37. The van der Waals surface area contributed by atoms with Crippen molar-refractivity contribution in [1.82, 2.24) is 14.7 Å². The fraction of sp³-hybridized carbons (Fsp3) is 0.448. The summed E-state index contributed by atoms with van der Waals surface area (Å²) in [5.41, 5.74) is 0.974. The smallest absolute Gasteiger partial charge is 0.445 e. The van der Waals surface area contributed by atoms with Gasteiger partial charge in [0.25, 0.3) is 11.4 Å². The number of hydrogen-bond acceptors (Lipinski definition) is 13. The Kier molecular flexibility index (Phi) is 11.9. The third-order valence-electron chi connectivity index (χ3n) is 7.44. The molecule has 0 saturated carbocycles. The van der Waals surface area contributed by atoms with Crippen molar-refractivity contribution < 1.29 is 43.2 Å². The molecule has 2 heterocycles. The van der Waals surface area contributed by atoms with Crippen LogP contribution in [0.15, 0.2) is 48.5 Å². The highest BCUT2D eigenvalue weighted by molar-refractivity contribution is 8.14. The van der Waals surface area contributed by atoms with Crippen LogP contribution < -0.4 is 0 Å². The fourth-order valence-corrected chi connectivity index (χ4v) is 6.04. The Bertz CT molecular complexity index is 1430. The molecule has 0 unspecified atom stereocenters. The maximum absolute atomic E-state index is 13.6. The number of rotatable bonds is 11. The number of piperazine rings is 1. The first-order valence-corrected chi connectivity index (χ1v) is 15.3. The molecule has 0 aromatic heterocycles. The van der Waals surface area contributed by atoms with Gasteiger partial charge in [-0.3, -0.25) is 39.6 Å². The number of carbonyl (C=O) groups excluding carboxylic acids is 4. The summed E-state index contributed by atoms with van der Waals surface area (Å²) in [5.74, 6) is -0.246. The minimum atomic E-state index is -0.869. The van der Waals surface area contributed by atoms with Crippen LogP contribution in [0.25, 0.3) is 0 Å². The molecule has 2 aliphatic rings. The molecule has 0 spiro atoms. The summed E-state index contributed by atoms with van der Waals surface area (Å²) < 4.78 is 15.6. The van der Waals surface area contributed by atoms with Crippen LogP contribution in [0.4, 0.5) is 21.0 Å². The number of likely N-dealkylation sites (tertiary alicyclic amines) is 1. The van der Waals surface area contributed by atoms with E-state index in [1.54, 1.807) is 4.90 Å². The van der Waals surface area contributed by atoms with Gasteiger partial charge in [-0.2, -0.15) is 0 Å². The third kappa shape index (κ3) is 9.61. The molecule has 0 N–H and O–H groups in total. The van der Waals surface area contributed by atoms with Crippen LogP contribution in [0.5, 0.6) is 0 Å². The van der Waals surface area contributed by atoms with E-state index in [9.17, 15) is 39.4 Å². The first kappa shape index (κ1) is 34.1. The van der Waals surface area contributed by atoms with Gasteiger partial charge in [-0.05, 0) is 41.8 Å². The monoisotopic (exact) mass is 659 g/mol. The zero-order chi connectivity index (χ0) is 33.2. The standard InChI is InChI=1S/C29H33N5O11S/c1-20(35)46-25-16-26(32(17-25)28(37)44-18-21-2-6-23(7-3-21)33(39)40)27(36)31-12-10-30(11-13-31)14-15-43-29(38)45-19-22-4-8-24(9-5-22)34(41)42/h2-9,25-26H,10-19H2,1H3/t25-,26-/m0/s1. The molecule has 2 amide bonds. The molecule has 0 aliphatic carbocycles. The number of amides is 2. The molecule has 2 aromatic rings. The largest absolute Gasteiger partial charge is 0.508 e. The maximum Gasteiger partial charge on any atom is 0.508 e. The Morgan fingerprint density at radius 3 is 1.89 bits per heavy atom. The molecular formula is C29H33N5O11S. The van der Waals surface area contributed by atoms with Crippen molar-refractivity contribution in [1.29, 1.82) is 0 Å². The summed E-state index contributed by atoms with van der Waals surface area (Å²) in [6, 6.07) is 10.4. The summed E-state index contributed by atoms with van der Waals surface area (Å²) in [6.07, 6.45) is -1.28. The average molecular weight is 660 g/mol. The number of nitrogens with zero attached hydrogens (tertiary/aromatic N) is 5. The molecular weight excluding hydrogens is 626 g/mol. The van der Waals surface area contributed by atoms with E-state index in [1.807, 2.05) is 4.90 Å². The van der Waals surface area contributed by atoms with E-state index in [-0.39, 0.29) is 54.0 Å². The quantitative estimate of drug-likeness (QED) is 0.194. The number of ether oxygens (including phenoxy) is 3. The summed E-state index contributed by atoms with van der Waals surface area (Å²) in [5, 5.41) is 21.2. The second-order valence-corrected chi connectivity index (χ2v) is 12.1. The van der Waals surface area contributed by atoms with Gasteiger partial charge in [0, 0.05) is 75.7 Å². The summed E-state index contributed by atoms with van der Waals surface area (Å²) >= 11 is 1.08. The minimum Gasteiger partial charge on any atom is -0.445 e. The van der Waals surface area contributed by atoms with Gasteiger partial charge in [0.1, 0.15) is 25.9 Å². The molecule has 2 fully saturated rings. The molecule has 0 bridgehead atoms. The number of thioether (sulfide) groups is 1.